The van der Waals surface area contributed by atoms with Crippen LogP contribution in [-0.2, 0) is 14.6 Å². The molecule has 0 spiro atoms. The molecule has 2 aromatic rings. The molecule has 8 heteroatoms. The molecule has 0 atom stereocenters. The highest BCUT2D eigenvalue weighted by molar-refractivity contribution is 9.10. The smallest absolute Gasteiger partial charge is 0.252 e. The monoisotopic (exact) mass is 466 g/mol. The van der Waals surface area contributed by atoms with Crippen LogP contribution >= 0.6 is 15.9 Å². The van der Waals surface area contributed by atoms with E-state index in [1.54, 1.807) is 32.0 Å². The van der Waals surface area contributed by atoms with Gasteiger partial charge in [-0.1, -0.05) is 34.1 Å². The minimum Gasteiger partial charge on any atom is -0.351 e. The van der Waals surface area contributed by atoms with Crippen molar-refractivity contribution in [2.24, 2.45) is 0 Å². The van der Waals surface area contributed by atoms with Crippen molar-refractivity contribution in [3.05, 3.63) is 58.1 Å². The Morgan fingerprint density at radius 3 is 2.46 bits per heavy atom. The summed E-state index contributed by atoms with van der Waals surface area (Å²) < 4.78 is 25.8. The van der Waals surface area contributed by atoms with Crippen molar-refractivity contribution in [3.63, 3.8) is 0 Å². The van der Waals surface area contributed by atoms with Crippen molar-refractivity contribution >= 4 is 43.3 Å². The molecule has 2 rings (SSSR count). The Hall–Kier alpha value is -2.19. The molecule has 0 heterocycles. The van der Waals surface area contributed by atoms with E-state index < -0.39 is 21.0 Å². The van der Waals surface area contributed by atoms with Crippen LogP contribution in [0, 0.1) is 6.92 Å². The van der Waals surface area contributed by atoms with Crippen LogP contribution in [0.3, 0.4) is 0 Å². The summed E-state index contributed by atoms with van der Waals surface area (Å²) in [4.78, 5) is 24.6. The quantitative estimate of drug-likeness (QED) is 0.650. The van der Waals surface area contributed by atoms with Gasteiger partial charge in [-0.2, -0.15) is 0 Å². The Balaban J connectivity index is 2.00. The van der Waals surface area contributed by atoms with Crippen LogP contribution in [0.25, 0.3) is 0 Å². The molecule has 28 heavy (non-hydrogen) atoms. The second kappa shape index (κ2) is 9.34. The number of aryl methyl sites for hydroxylation is 1. The molecule has 0 radical (unpaired) electrons. The third-order valence-electron chi connectivity index (χ3n) is 4.17. The molecule has 0 bridgehead atoms. The summed E-state index contributed by atoms with van der Waals surface area (Å²) in [7, 11) is -3.59. The number of amides is 2. The van der Waals surface area contributed by atoms with E-state index in [2.05, 4.69) is 26.6 Å². The number of benzene rings is 2. The summed E-state index contributed by atoms with van der Waals surface area (Å²) in [6.45, 7) is 5.11. The van der Waals surface area contributed by atoms with Gasteiger partial charge in [0.2, 0.25) is 5.91 Å². The molecular formula is C20H23BrN2O4S. The van der Waals surface area contributed by atoms with Gasteiger partial charge < -0.3 is 10.6 Å². The van der Waals surface area contributed by atoms with Gasteiger partial charge in [-0.3, -0.25) is 9.59 Å². The average Bonchev–Trinajstić information content (AvgIpc) is 2.64. The number of nitrogens with one attached hydrogen (secondary N) is 2. The predicted octanol–water partition coefficient (Wildman–Crippen LogP) is 3.70. The zero-order chi connectivity index (χ0) is 20.9. The van der Waals surface area contributed by atoms with Crippen LogP contribution in [0.5, 0.6) is 0 Å². The van der Waals surface area contributed by atoms with E-state index >= 15 is 0 Å². The van der Waals surface area contributed by atoms with E-state index in [1.165, 1.54) is 12.1 Å². The van der Waals surface area contributed by atoms with Gasteiger partial charge in [-0.15, -0.1) is 0 Å². The Morgan fingerprint density at radius 2 is 1.79 bits per heavy atom. The highest BCUT2D eigenvalue weighted by Gasteiger charge is 2.25. The molecule has 150 valence electrons. The van der Waals surface area contributed by atoms with Gasteiger partial charge in [0.15, 0.2) is 9.84 Å². The SMILES string of the molecule is Cc1ccc(Br)cc1NC(=O)CCNC(=O)c1ccccc1S(=O)(=O)C(C)C. The van der Waals surface area contributed by atoms with E-state index in [4.69, 9.17) is 0 Å². The summed E-state index contributed by atoms with van der Waals surface area (Å²) in [5, 5.41) is 4.78. The number of sulfone groups is 1. The first-order chi connectivity index (χ1) is 13.1. The lowest BCUT2D eigenvalue weighted by Crippen LogP contribution is -2.29. The van der Waals surface area contributed by atoms with E-state index in [-0.39, 0.29) is 29.3 Å². The van der Waals surface area contributed by atoms with E-state index in [0.29, 0.717) is 5.69 Å². The number of hydrogen-bond acceptors (Lipinski definition) is 4. The fraction of sp³-hybridized carbons (Fsp3) is 0.300. The van der Waals surface area contributed by atoms with Crippen molar-refractivity contribution in [2.75, 3.05) is 11.9 Å². The Kier molecular flexibility index (Phi) is 7.37. The van der Waals surface area contributed by atoms with E-state index in [9.17, 15) is 18.0 Å². The lowest BCUT2D eigenvalue weighted by atomic mass is 10.2. The first kappa shape index (κ1) is 22.1. The van der Waals surface area contributed by atoms with Crippen LogP contribution in [0.4, 0.5) is 5.69 Å². The number of carbonyl (C=O) groups is 2. The molecule has 0 aliphatic heterocycles. The van der Waals surface area contributed by atoms with Gasteiger partial charge in [-0.05, 0) is 50.6 Å². The minimum absolute atomic E-state index is 0.00304. The lowest BCUT2D eigenvalue weighted by Gasteiger charge is -2.13. The molecule has 2 amide bonds. The molecule has 2 N–H and O–H groups in total. The highest BCUT2D eigenvalue weighted by Crippen LogP contribution is 2.21. The highest BCUT2D eigenvalue weighted by atomic mass is 79.9. The topological polar surface area (TPSA) is 92.3 Å². The molecule has 2 aromatic carbocycles. The van der Waals surface area contributed by atoms with Crippen molar-refractivity contribution in [1.29, 1.82) is 0 Å². The molecule has 0 aromatic heterocycles. The fourth-order valence-electron chi connectivity index (χ4n) is 2.48. The molecule has 0 saturated heterocycles. The number of anilines is 1. The van der Waals surface area contributed by atoms with Gasteiger partial charge in [0.05, 0.1) is 15.7 Å². The van der Waals surface area contributed by atoms with Crippen LogP contribution in [0.15, 0.2) is 51.8 Å². The van der Waals surface area contributed by atoms with Crippen molar-refractivity contribution in [2.45, 2.75) is 37.3 Å². The molecule has 0 saturated carbocycles. The number of carbonyl (C=O) groups excluding carboxylic acids is 2. The molecule has 6 nitrogen and oxygen atoms in total. The van der Waals surface area contributed by atoms with Gasteiger partial charge in [0.1, 0.15) is 0 Å². The second-order valence-electron chi connectivity index (χ2n) is 6.60. The lowest BCUT2D eigenvalue weighted by molar-refractivity contribution is -0.116. The fourth-order valence-corrected chi connectivity index (χ4v) is 4.09. The summed E-state index contributed by atoms with van der Waals surface area (Å²) >= 11 is 3.36. The zero-order valence-corrected chi connectivity index (χ0v) is 18.4. The van der Waals surface area contributed by atoms with E-state index in [1.807, 2.05) is 19.1 Å². The van der Waals surface area contributed by atoms with Crippen LogP contribution in [0.2, 0.25) is 0 Å². The van der Waals surface area contributed by atoms with Crippen molar-refractivity contribution in [1.82, 2.24) is 5.32 Å². The first-order valence-corrected chi connectivity index (χ1v) is 11.1. The van der Waals surface area contributed by atoms with Gasteiger partial charge in [0, 0.05) is 23.1 Å². The largest absolute Gasteiger partial charge is 0.351 e. The zero-order valence-electron chi connectivity index (χ0n) is 16.0. The molecule has 0 aliphatic rings. The van der Waals surface area contributed by atoms with Gasteiger partial charge in [0.25, 0.3) is 5.91 Å². The Bertz CT molecular complexity index is 987. The first-order valence-electron chi connectivity index (χ1n) is 8.80. The predicted molar refractivity (Wildman–Crippen MR) is 113 cm³/mol. The third-order valence-corrected chi connectivity index (χ3v) is 6.87. The van der Waals surface area contributed by atoms with Crippen molar-refractivity contribution in [3.8, 4) is 0 Å². The van der Waals surface area contributed by atoms with Crippen molar-refractivity contribution < 1.29 is 18.0 Å². The maximum atomic E-state index is 12.5. The molecule has 0 fully saturated rings. The van der Waals surface area contributed by atoms with Crippen LogP contribution in [0.1, 0.15) is 36.2 Å². The number of rotatable bonds is 7. The second-order valence-corrected chi connectivity index (χ2v) is 9.99. The van der Waals surface area contributed by atoms with Crippen LogP contribution in [-0.4, -0.2) is 32.0 Å². The molecule has 0 unspecified atom stereocenters. The van der Waals surface area contributed by atoms with Crippen LogP contribution < -0.4 is 10.6 Å². The Morgan fingerprint density at radius 1 is 1.11 bits per heavy atom. The summed E-state index contributed by atoms with van der Waals surface area (Å²) in [5.74, 6) is -0.768. The number of halogens is 1. The minimum atomic E-state index is -3.59. The molecular weight excluding hydrogens is 444 g/mol. The maximum Gasteiger partial charge on any atom is 0.252 e. The summed E-state index contributed by atoms with van der Waals surface area (Å²) in [6, 6.07) is 11.7. The summed E-state index contributed by atoms with van der Waals surface area (Å²) in [5.41, 5.74) is 1.70. The Labute approximate surface area is 173 Å². The third kappa shape index (κ3) is 5.42. The number of hydrogen-bond donors (Lipinski definition) is 2. The molecule has 0 aliphatic carbocycles. The standard InChI is InChI=1S/C20H23BrN2O4S/c1-13(2)28(26,27)18-7-5-4-6-16(18)20(25)22-11-10-19(24)23-17-12-15(21)9-8-14(17)3/h4-9,12-13H,10-11H2,1-3H3,(H,22,25)(H,23,24). The summed E-state index contributed by atoms with van der Waals surface area (Å²) in [6.07, 6.45) is 0.0663. The average molecular weight is 467 g/mol. The normalized spacial score (nSPS) is 11.3. The maximum absolute atomic E-state index is 12.5. The van der Waals surface area contributed by atoms with Gasteiger partial charge >= 0.3 is 0 Å². The van der Waals surface area contributed by atoms with Gasteiger partial charge in [-0.25, -0.2) is 8.42 Å². The van der Waals surface area contributed by atoms with E-state index in [0.717, 1.165) is 10.0 Å².